The Morgan fingerprint density at radius 2 is 1.88 bits per heavy atom. The quantitative estimate of drug-likeness (QED) is 0.802. The highest BCUT2D eigenvalue weighted by Crippen LogP contribution is 2.33. The molecule has 1 aliphatic carbocycles. The summed E-state index contributed by atoms with van der Waals surface area (Å²) in [5.74, 6) is 0.842. The zero-order chi connectivity index (χ0) is 17.8. The van der Waals surface area contributed by atoms with Crippen molar-refractivity contribution in [1.29, 1.82) is 0 Å². The summed E-state index contributed by atoms with van der Waals surface area (Å²) >= 11 is 12.6. The maximum absolute atomic E-state index is 6.41. The molecule has 0 radical (unpaired) electrons. The Bertz CT molecular complexity index is 609. The second-order valence-corrected chi connectivity index (χ2v) is 8.21. The molecule has 0 saturated heterocycles. The summed E-state index contributed by atoms with van der Waals surface area (Å²) in [6.45, 7) is 6.22. The first-order valence-corrected chi connectivity index (χ1v) is 10.2. The van der Waals surface area contributed by atoms with Crippen LogP contribution in [-0.2, 0) is 0 Å². The zero-order valence-corrected chi connectivity index (χ0v) is 16.6. The largest absolute Gasteiger partial charge is 0.373 e. The summed E-state index contributed by atoms with van der Waals surface area (Å²) in [6, 6.07) is 6.30. The van der Waals surface area contributed by atoms with E-state index in [0.717, 1.165) is 37.8 Å². The first-order valence-electron chi connectivity index (χ1n) is 9.41. The van der Waals surface area contributed by atoms with Crippen LogP contribution in [0, 0.1) is 5.92 Å². The van der Waals surface area contributed by atoms with Gasteiger partial charge < -0.3 is 15.5 Å². The Hall–Kier alpha value is -0.900. The molecule has 0 spiro atoms. The number of rotatable bonds is 4. The third-order valence-electron chi connectivity index (χ3n) is 5.72. The molecular weight excluding hydrogens is 353 g/mol. The number of benzene rings is 1. The lowest BCUT2D eigenvalue weighted by Crippen LogP contribution is -2.33. The minimum absolute atomic E-state index is 0.437. The van der Waals surface area contributed by atoms with Crippen molar-refractivity contribution in [3.05, 3.63) is 40.0 Å². The van der Waals surface area contributed by atoms with Crippen LogP contribution < -0.4 is 10.6 Å². The van der Waals surface area contributed by atoms with Gasteiger partial charge in [0.1, 0.15) is 0 Å². The Balaban J connectivity index is 1.57. The monoisotopic (exact) mass is 381 g/mol. The molecule has 0 unspecified atom stereocenters. The molecule has 2 aliphatic rings. The van der Waals surface area contributed by atoms with Gasteiger partial charge in [-0.25, -0.2) is 0 Å². The Labute approximate surface area is 161 Å². The molecule has 1 heterocycles. The molecule has 1 aromatic rings. The highest BCUT2D eigenvalue weighted by atomic mass is 35.5. The highest BCUT2D eigenvalue weighted by Gasteiger charge is 2.21. The number of halogens is 2. The van der Waals surface area contributed by atoms with Gasteiger partial charge in [-0.2, -0.15) is 0 Å². The molecule has 0 bridgehead atoms. The lowest BCUT2D eigenvalue weighted by molar-refractivity contribution is 0.263. The van der Waals surface area contributed by atoms with Gasteiger partial charge in [-0.3, -0.25) is 0 Å². The summed E-state index contributed by atoms with van der Waals surface area (Å²) < 4.78 is 0. The second kappa shape index (κ2) is 8.66. The Kier molecular flexibility index (Phi) is 6.54. The van der Waals surface area contributed by atoms with E-state index in [4.69, 9.17) is 28.9 Å². The van der Waals surface area contributed by atoms with Crippen LogP contribution in [-0.4, -0.2) is 37.1 Å². The average Bonchev–Trinajstić information content (AvgIpc) is 2.79. The molecule has 1 fully saturated rings. The molecule has 5 heteroatoms. The van der Waals surface area contributed by atoms with Gasteiger partial charge in [0.05, 0.1) is 15.7 Å². The van der Waals surface area contributed by atoms with Crippen molar-refractivity contribution in [1.82, 2.24) is 4.90 Å². The van der Waals surface area contributed by atoms with E-state index in [1.54, 1.807) is 0 Å². The molecule has 0 amide bonds. The number of hydrogen-bond donors (Lipinski definition) is 1. The zero-order valence-electron chi connectivity index (χ0n) is 15.1. The molecule has 1 aliphatic heterocycles. The standard InChI is InChI=1S/C20H29Cl2N3/c1-15-9-11-25(19-4-2-3-18(21)20(19)22)14-13-24(15)12-10-16-5-7-17(23)8-6-16/h2-4,9,16-17H,5-8,10-14,23H2,1H3. The van der Waals surface area contributed by atoms with Crippen molar-refractivity contribution < 1.29 is 0 Å². The molecule has 3 nitrogen and oxygen atoms in total. The van der Waals surface area contributed by atoms with Crippen molar-refractivity contribution in [3.8, 4) is 0 Å². The number of hydrogen-bond acceptors (Lipinski definition) is 3. The molecule has 1 aromatic carbocycles. The molecular formula is C20H29Cl2N3. The number of nitrogens with zero attached hydrogens (tertiary/aromatic N) is 2. The van der Waals surface area contributed by atoms with Crippen LogP contribution in [0.2, 0.25) is 10.0 Å². The van der Waals surface area contributed by atoms with E-state index in [2.05, 4.69) is 28.9 Å². The number of nitrogens with two attached hydrogens (primary N) is 1. The summed E-state index contributed by atoms with van der Waals surface area (Å²) in [6.07, 6.45) is 8.56. The minimum Gasteiger partial charge on any atom is -0.373 e. The van der Waals surface area contributed by atoms with Gasteiger partial charge in [0.2, 0.25) is 0 Å². The normalized spacial score (nSPS) is 24.9. The van der Waals surface area contributed by atoms with Gasteiger partial charge in [0, 0.05) is 37.9 Å². The third-order valence-corrected chi connectivity index (χ3v) is 6.53. The van der Waals surface area contributed by atoms with Crippen LogP contribution in [0.1, 0.15) is 39.0 Å². The van der Waals surface area contributed by atoms with Gasteiger partial charge in [0.25, 0.3) is 0 Å². The molecule has 138 valence electrons. The fraction of sp³-hybridized carbons (Fsp3) is 0.600. The van der Waals surface area contributed by atoms with Crippen molar-refractivity contribution in [2.24, 2.45) is 11.7 Å². The number of allylic oxidation sites excluding steroid dienone is 1. The third kappa shape index (κ3) is 4.84. The van der Waals surface area contributed by atoms with Crippen LogP contribution in [0.4, 0.5) is 5.69 Å². The number of anilines is 1. The summed E-state index contributed by atoms with van der Waals surface area (Å²) in [4.78, 5) is 4.84. The van der Waals surface area contributed by atoms with Crippen LogP contribution in [0.15, 0.2) is 30.0 Å². The first-order chi connectivity index (χ1) is 12.0. The van der Waals surface area contributed by atoms with Crippen LogP contribution in [0.25, 0.3) is 0 Å². The predicted molar refractivity (Wildman–Crippen MR) is 109 cm³/mol. The minimum atomic E-state index is 0.437. The van der Waals surface area contributed by atoms with Gasteiger partial charge in [-0.15, -0.1) is 0 Å². The Morgan fingerprint density at radius 3 is 2.64 bits per heavy atom. The fourth-order valence-electron chi connectivity index (χ4n) is 3.94. The lowest BCUT2D eigenvalue weighted by atomic mass is 9.84. The first kappa shape index (κ1) is 18.9. The van der Waals surface area contributed by atoms with E-state index >= 15 is 0 Å². The van der Waals surface area contributed by atoms with E-state index in [1.165, 1.54) is 37.8 Å². The highest BCUT2D eigenvalue weighted by molar-refractivity contribution is 6.43. The molecule has 0 atom stereocenters. The van der Waals surface area contributed by atoms with Crippen molar-refractivity contribution in [2.45, 2.75) is 45.1 Å². The van der Waals surface area contributed by atoms with E-state index in [9.17, 15) is 0 Å². The predicted octanol–water partition coefficient (Wildman–Crippen LogP) is 4.93. The van der Waals surface area contributed by atoms with Gasteiger partial charge >= 0.3 is 0 Å². The SMILES string of the molecule is CC1=CCN(c2cccc(Cl)c2Cl)CCN1CCC1CCC(N)CC1. The molecule has 25 heavy (non-hydrogen) atoms. The van der Waals surface area contributed by atoms with Crippen LogP contribution in [0.3, 0.4) is 0 Å². The summed E-state index contributed by atoms with van der Waals surface area (Å²) in [5.41, 5.74) is 8.42. The van der Waals surface area contributed by atoms with Crippen molar-refractivity contribution >= 4 is 28.9 Å². The molecule has 2 N–H and O–H groups in total. The molecule has 0 aromatic heterocycles. The van der Waals surface area contributed by atoms with Gasteiger partial charge in [0.15, 0.2) is 0 Å². The van der Waals surface area contributed by atoms with Crippen LogP contribution >= 0.6 is 23.2 Å². The summed E-state index contributed by atoms with van der Waals surface area (Å²) in [5, 5.41) is 1.28. The van der Waals surface area contributed by atoms with Crippen molar-refractivity contribution in [3.63, 3.8) is 0 Å². The van der Waals surface area contributed by atoms with Gasteiger partial charge in [-0.05, 0) is 63.2 Å². The van der Waals surface area contributed by atoms with Crippen molar-refractivity contribution in [2.75, 3.05) is 31.1 Å². The lowest BCUT2D eigenvalue weighted by Gasteiger charge is -2.30. The van der Waals surface area contributed by atoms with E-state index in [1.807, 2.05) is 12.1 Å². The fourth-order valence-corrected chi connectivity index (χ4v) is 4.35. The maximum Gasteiger partial charge on any atom is 0.0825 e. The van der Waals surface area contributed by atoms with E-state index < -0.39 is 0 Å². The molecule has 3 rings (SSSR count). The molecule has 1 saturated carbocycles. The summed E-state index contributed by atoms with van der Waals surface area (Å²) in [7, 11) is 0. The average molecular weight is 382 g/mol. The second-order valence-electron chi connectivity index (χ2n) is 7.42. The Morgan fingerprint density at radius 1 is 1.12 bits per heavy atom. The van der Waals surface area contributed by atoms with Crippen LogP contribution in [0.5, 0.6) is 0 Å². The smallest absolute Gasteiger partial charge is 0.0825 e. The van der Waals surface area contributed by atoms with Gasteiger partial charge in [-0.1, -0.05) is 29.3 Å². The maximum atomic E-state index is 6.41. The van der Waals surface area contributed by atoms with E-state index in [-0.39, 0.29) is 0 Å². The van der Waals surface area contributed by atoms with E-state index in [0.29, 0.717) is 16.1 Å². The topological polar surface area (TPSA) is 32.5 Å².